The summed E-state index contributed by atoms with van der Waals surface area (Å²) >= 11 is 0. The van der Waals surface area contributed by atoms with Crippen LogP contribution in [-0.4, -0.2) is 19.7 Å². The molecule has 0 saturated carbocycles. The minimum Gasteiger partial charge on any atom is -0.508 e. The highest BCUT2D eigenvalue weighted by Gasteiger charge is 2.03. The van der Waals surface area contributed by atoms with E-state index < -0.39 is 0 Å². The molecule has 2 aromatic heterocycles. The molecule has 3 rings (SSSR count). The van der Waals surface area contributed by atoms with Crippen molar-refractivity contribution in [1.82, 2.24) is 14.6 Å². The van der Waals surface area contributed by atoms with E-state index in [4.69, 9.17) is 0 Å². The van der Waals surface area contributed by atoms with E-state index >= 15 is 0 Å². The molecule has 0 atom stereocenters. The number of halogens is 1. The maximum absolute atomic E-state index is 13.0. The van der Waals surface area contributed by atoms with Gasteiger partial charge in [0.2, 0.25) is 5.95 Å². The van der Waals surface area contributed by atoms with Crippen LogP contribution < -0.4 is 5.32 Å². The molecule has 6 heteroatoms. The summed E-state index contributed by atoms with van der Waals surface area (Å²) in [5.41, 5.74) is 1.57. The van der Waals surface area contributed by atoms with Gasteiger partial charge in [0.1, 0.15) is 11.6 Å². The first kappa shape index (κ1) is 11.5. The van der Waals surface area contributed by atoms with E-state index in [0.29, 0.717) is 18.1 Å². The Labute approximate surface area is 108 Å². The van der Waals surface area contributed by atoms with Gasteiger partial charge in [-0.3, -0.25) is 0 Å². The number of fused-ring (bicyclic) bond motifs is 1. The van der Waals surface area contributed by atoms with Gasteiger partial charge in [0, 0.05) is 6.54 Å². The summed E-state index contributed by atoms with van der Waals surface area (Å²) in [5.74, 6) is 0.297. The molecular formula is C13H11FN4O. The van der Waals surface area contributed by atoms with Crippen LogP contribution in [0.15, 0.2) is 42.6 Å². The monoisotopic (exact) mass is 258 g/mol. The number of hydrogen-bond acceptors (Lipinski definition) is 4. The number of nitrogens with one attached hydrogen (secondary N) is 1. The number of rotatable bonds is 3. The molecule has 3 aromatic rings. The molecule has 0 aliphatic carbocycles. The van der Waals surface area contributed by atoms with Gasteiger partial charge in [0.15, 0.2) is 5.65 Å². The van der Waals surface area contributed by atoms with E-state index in [1.807, 2.05) is 0 Å². The maximum atomic E-state index is 13.0. The Morgan fingerprint density at radius 2 is 1.95 bits per heavy atom. The highest BCUT2D eigenvalue weighted by molar-refractivity contribution is 5.43. The molecule has 0 aliphatic rings. The lowest BCUT2D eigenvalue weighted by molar-refractivity contribution is 0.475. The van der Waals surface area contributed by atoms with Crippen LogP contribution in [0.2, 0.25) is 0 Å². The molecule has 96 valence electrons. The largest absolute Gasteiger partial charge is 0.508 e. The molecule has 2 N–H and O–H groups in total. The zero-order valence-corrected chi connectivity index (χ0v) is 9.92. The first-order valence-electron chi connectivity index (χ1n) is 5.74. The molecule has 0 spiro atoms. The normalized spacial score (nSPS) is 10.8. The average Bonchev–Trinajstić information content (AvgIpc) is 2.80. The van der Waals surface area contributed by atoms with Gasteiger partial charge in [0.25, 0.3) is 0 Å². The highest BCUT2D eigenvalue weighted by atomic mass is 19.1. The lowest BCUT2D eigenvalue weighted by atomic mass is 10.2. The van der Waals surface area contributed by atoms with Gasteiger partial charge in [-0.15, -0.1) is 5.10 Å². The van der Waals surface area contributed by atoms with Crippen LogP contribution in [0, 0.1) is 5.82 Å². The van der Waals surface area contributed by atoms with Gasteiger partial charge in [-0.1, -0.05) is 12.1 Å². The minimum atomic E-state index is -0.359. The highest BCUT2D eigenvalue weighted by Crippen LogP contribution is 2.11. The number of phenolic OH excluding ortho intramolecular Hbond substituents is 1. The van der Waals surface area contributed by atoms with Crippen molar-refractivity contribution >= 4 is 11.6 Å². The molecule has 0 saturated heterocycles. The van der Waals surface area contributed by atoms with Crippen LogP contribution in [0.4, 0.5) is 10.3 Å². The average molecular weight is 258 g/mol. The lowest BCUT2D eigenvalue weighted by Crippen LogP contribution is -2.00. The van der Waals surface area contributed by atoms with Crippen molar-refractivity contribution < 1.29 is 9.50 Å². The Hall–Kier alpha value is -2.63. The number of aromatic hydroxyl groups is 1. The van der Waals surface area contributed by atoms with Gasteiger partial charge in [0.05, 0.1) is 6.20 Å². The van der Waals surface area contributed by atoms with Crippen LogP contribution in [-0.2, 0) is 6.54 Å². The molecule has 0 unspecified atom stereocenters. The summed E-state index contributed by atoms with van der Waals surface area (Å²) in [6, 6.07) is 9.74. The third-order valence-electron chi connectivity index (χ3n) is 2.68. The number of hydrogen-bond donors (Lipinski definition) is 2. The Balaban J connectivity index is 1.76. The van der Waals surface area contributed by atoms with Crippen molar-refractivity contribution in [3.05, 3.63) is 54.0 Å². The maximum Gasteiger partial charge on any atom is 0.243 e. The quantitative estimate of drug-likeness (QED) is 0.756. The molecule has 2 heterocycles. The van der Waals surface area contributed by atoms with Gasteiger partial charge in [-0.25, -0.2) is 8.91 Å². The van der Waals surface area contributed by atoms with Crippen molar-refractivity contribution in [3.8, 4) is 5.75 Å². The van der Waals surface area contributed by atoms with E-state index in [1.54, 1.807) is 30.3 Å². The second-order valence-corrected chi connectivity index (χ2v) is 4.11. The lowest BCUT2D eigenvalue weighted by Gasteiger charge is -2.01. The minimum absolute atomic E-state index is 0.227. The molecule has 1 aromatic carbocycles. The van der Waals surface area contributed by atoms with E-state index in [9.17, 15) is 9.50 Å². The van der Waals surface area contributed by atoms with Crippen LogP contribution >= 0.6 is 0 Å². The Morgan fingerprint density at radius 3 is 2.74 bits per heavy atom. The van der Waals surface area contributed by atoms with E-state index in [1.165, 1.54) is 16.8 Å². The van der Waals surface area contributed by atoms with Crippen molar-refractivity contribution in [2.75, 3.05) is 5.32 Å². The first-order valence-corrected chi connectivity index (χ1v) is 5.74. The summed E-state index contributed by atoms with van der Waals surface area (Å²) < 4.78 is 14.4. The molecule has 0 radical (unpaired) electrons. The number of aromatic nitrogens is 3. The molecule has 0 fully saturated rings. The number of anilines is 1. The van der Waals surface area contributed by atoms with Gasteiger partial charge >= 0.3 is 0 Å². The second kappa shape index (κ2) is 4.56. The molecule has 0 aliphatic heterocycles. The van der Waals surface area contributed by atoms with Crippen molar-refractivity contribution in [2.24, 2.45) is 0 Å². The summed E-state index contributed by atoms with van der Waals surface area (Å²) in [6.07, 6.45) is 1.27. The van der Waals surface area contributed by atoms with Gasteiger partial charge in [-0.2, -0.15) is 4.98 Å². The van der Waals surface area contributed by atoms with E-state index in [2.05, 4.69) is 15.4 Å². The summed E-state index contributed by atoms with van der Waals surface area (Å²) in [5, 5.41) is 16.3. The molecule has 19 heavy (non-hydrogen) atoms. The predicted octanol–water partition coefficient (Wildman–Crippen LogP) is 2.19. The third kappa shape index (κ3) is 2.47. The summed E-state index contributed by atoms with van der Waals surface area (Å²) in [6.45, 7) is 0.527. The topological polar surface area (TPSA) is 62.5 Å². The van der Waals surface area contributed by atoms with E-state index in [-0.39, 0.29) is 11.6 Å². The zero-order chi connectivity index (χ0) is 13.2. The van der Waals surface area contributed by atoms with Crippen molar-refractivity contribution in [2.45, 2.75) is 6.54 Å². The second-order valence-electron chi connectivity index (χ2n) is 4.11. The van der Waals surface area contributed by atoms with Crippen molar-refractivity contribution in [1.29, 1.82) is 0 Å². The summed E-state index contributed by atoms with van der Waals surface area (Å²) in [4.78, 5) is 4.21. The predicted molar refractivity (Wildman–Crippen MR) is 68.4 cm³/mol. The van der Waals surface area contributed by atoms with Crippen LogP contribution in [0.3, 0.4) is 0 Å². The smallest absolute Gasteiger partial charge is 0.243 e. The standard InChI is InChI=1S/C13H11FN4O/c14-10-3-6-12-16-13(17-18(12)8-10)15-7-9-1-4-11(19)5-2-9/h1-6,8,19H,7H2,(H,15,17). The Bertz CT molecular complexity index is 708. The molecule has 5 nitrogen and oxygen atoms in total. The third-order valence-corrected chi connectivity index (χ3v) is 2.68. The van der Waals surface area contributed by atoms with Gasteiger partial charge < -0.3 is 10.4 Å². The van der Waals surface area contributed by atoms with E-state index in [0.717, 1.165) is 5.56 Å². The summed E-state index contributed by atoms with van der Waals surface area (Å²) in [7, 11) is 0. The van der Waals surface area contributed by atoms with Crippen LogP contribution in [0.5, 0.6) is 5.75 Å². The van der Waals surface area contributed by atoms with Gasteiger partial charge in [-0.05, 0) is 29.8 Å². The number of phenols is 1. The molecular weight excluding hydrogens is 247 g/mol. The number of benzene rings is 1. The fourth-order valence-corrected chi connectivity index (χ4v) is 1.73. The first-order chi connectivity index (χ1) is 9.20. The molecule has 0 amide bonds. The fourth-order valence-electron chi connectivity index (χ4n) is 1.73. The number of pyridine rings is 1. The van der Waals surface area contributed by atoms with Crippen LogP contribution in [0.25, 0.3) is 5.65 Å². The molecule has 0 bridgehead atoms. The Kier molecular flexibility index (Phi) is 2.75. The number of nitrogens with zero attached hydrogens (tertiary/aromatic N) is 3. The fraction of sp³-hybridized carbons (Fsp3) is 0.0769. The van der Waals surface area contributed by atoms with Crippen molar-refractivity contribution in [3.63, 3.8) is 0 Å². The van der Waals surface area contributed by atoms with Crippen LogP contribution in [0.1, 0.15) is 5.56 Å². The zero-order valence-electron chi connectivity index (χ0n) is 9.92. The Morgan fingerprint density at radius 1 is 1.16 bits per heavy atom. The SMILES string of the molecule is Oc1ccc(CNc2nc3ccc(F)cn3n2)cc1.